The van der Waals surface area contributed by atoms with E-state index in [0.29, 0.717) is 5.75 Å². The van der Waals surface area contributed by atoms with Gasteiger partial charge in [-0.3, -0.25) is 0 Å². The van der Waals surface area contributed by atoms with E-state index in [-0.39, 0.29) is 6.09 Å². The fourth-order valence-corrected chi connectivity index (χ4v) is 1.65. The van der Waals surface area contributed by atoms with Gasteiger partial charge in [0, 0.05) is 17.7 Å². The largest absolute Gasteiger partial charge is 0.414 e. The Bertz CT molecular complexity index is 353. The Kier molecular flexibility index (Phi) is 4.42. The molecule has 0 aliphatic carbocycles. The fraction of sp³-hybridized carbons (Fsp3) is 0.222. The predicted octanol–water partition coefficient (Wildman–Crippen LogP) is 2.96. The summed E-state index contributed by atoms with van der Waals surface area (Å²) in [4.78, 5) is 12.7. The van der Waals surface area contributed by atoms with Crippen molar-refractivity contribution in [3.63, 3.8) is 0 Å². The van der Waals surface area contributed by atoms with Gasteiger partial charge in [0.25, 0.3) is 0 Å². The molecule has 0 spiro atoms. The highest BCUT2D eigenvalue weighted by atomic mass is 127. The second kappa shape index (κ2) is 5.15. The van der Waals surface area contributed by atoms with Crippen LogP contribution in [-0.2, 0) is 0 Å². The monoisotopic (exact) mass is 417 g/mol. The summed E-state index contributed by atoms with van der Waals surface area (Å²) in [5.41, 5.74) is 0. The smallest absolute Gasteiger partial charge is 0.409 e. The van der Waals surface area contributed by atoms with Crippen LogP contribution in [-0.4, -0.2) is 25.1 Å². The molecule has 76 valence electrons. The van der Waals surface area contributed by atoms with Gasteiger partial charge in [-0.2, -0.15) is 0 Å². The normalized spacial score (nSPS) is 9.71. The molecular weight excluding hydrogens is 408 g/mol. The van der Waals surface area contributed by atoms with Gasteiger partial charge in [0.15, 0.2) is 0 Å². The van der Waals surface area contributed by atoms with Crippen molar-refractivity contribution in [2.45, 2.75) is 0 Å². The molecule has 0 atom stereocenters. The number of carbonyl (C=O) groups excluding carboxylic acids is 1. The molecule has 0 heterocycles. The van der Waals surface area contributed by atoms with Crippen molar-refractivity contribution in [2.75, 3.05) is 14.1 Å². The molecule has 3 nitrogen and oxygen atoms in total. The molecule has 0 aromatic heterocycles. The first-order valence-electron chi connectivity index (χ1n) is 3.85. The second-order valence-electron chi connectivity index (χ2n) is 2.84. The minimum Gasteiger partial charge on any atom is -0.409 e. The summed E-state index contributed by atoms with van der Waals surface area (Å²) in [6, 6.07) is 5.72. The minimum atomic E-state index is -0.357. The average molecular weight is 417 g/mol. The maximum absolute atomic E-state index is 11.3. The lowest BCUT2D eigenvalue weighted by Gasteiger charge is -2.11. The van der Waals surface area contributed by atoms with Crippen LogP contribution < -0.4 is 4.74 Å². The molecule has 1 aromatic carbocycles. The van der Waals surface area contributed by atoms with Crippen molar-refractivity contribution < 1.29 is 9.53 Å². The van der Waals surface area contributed by atoms with Gasteiger partial charge in [-0.25, -0.2) is 4.79 Å². The van der Waals surface area contributed by atoms with E-state index in [0.717, 1.165) is 7.14 Å². The second-order valence-corrected chi connectivity index (χ2v) is 5.24. The molecule has 0 aliphatic rings. The third-order valence-electron chi connectivity index (χ3n) is 1.46. The quantitative estimate of drug-likeness (QED) is 0.659. The maximum Gasteiger partial charge on any atom is 0.414 e. The summed E-state index contributed by atoms with van der Waals surface area (Å²) in [6.45, 7) is 0. The first-order chi connectivity index (χ1) is 6.50. The Morgan fingerprint density at radius 1 is 1.36 bits per heavy atom. The van der Waals surface area contributed by atoms with Crippen LogP contribution in [0.3, 0.4) is 0 Å². The SMILES string of the molecule is CN(C)C(=O)Oc1cc(I)ccc1I. The fourth-order valence-electron chi connectivity index (χ4n) is 0.741. The zero-order chi connectivity index (χ0) is 10.7. The van der Waals surface area contributed by atoms with Gasteiger partial charge in [0.05, 0.1) is 3.57 Å². The molecular formula is C9H9I2NO2. The summed E-state index contributed by atoms with van der Waals surface area (Å²) < 4.78 is 7.14. The third-order valence-corrected chi connectivity index (χ3v) is 3.02. The standard InChI is InChI=1S/C9H9I2NO2/c1-12(2)9(13)14-8-5-6(10)3-4-7(8)11/h3-5H,1-2H3. The van der Waals surface area contributed by atoms with Gasteiger partial charge in [0.1, 0.15) is 5.75 Å². The molecule has 1 aromatic rings. The van der Waals surface area contributed by atoms with E-state index in [2.05, 4.69) is 45.2 Å². The predicted molar refractivity (Wildman–Crippen MR) is 71.6 cm³/mol. The Hall–Kier alpha value is -0.0500. The molecule has 1 rings (SSSR count). The molecule has 0 saturated heterocycles. The van der Waals surface area contributed by atoms with Crippen LogP contribution in [0.5, 0.6) is 5.75 Å². The highest BCUT2D eigenvalue weighted by molar-refractivity contribution is 14.1. The molecule has 5 heteroatoms. The van der Waals surface area contributed by atoms with E-state index >= 15 is 0 Å². The van der Waals surface area contributed by atoms with Gasteiger partial charge in [-0.1, -0.05) is 0 Å². The zero-order valence-electron chi connectivity index (χ0n) is 7.75. The summed E-state index contributed by atoms with van der Waals surface area (Å²) >= 11 is 4.31. The van der Waals surface area contributed by atoms with Gasteiger partial charge in [-0.15, -0.1) is 0 Å². The van der Waals surface area contributed by atoms with E-state index in [4.69, 9.17) is 4.74 Å². The van der Waals surface area contributed by atoms with Gasteiger partial charge < -0.3 is 9.64 Å². The number of halogens is 2. The zero-order valence-corrected chi connectivity index (χ0v) is 12.1. The Morgan fingerprint density at radius 3 is 2.57 bits per heavy atom. The molecule has 14 heavy (non-hydrogen) atoms. The van der Waals surface area contributed by atoms with Crippen LogP contribution in [0.4, 0.5) is 4.79 Å². The number of hydrogen-bond acceptors (Lipinski definition) is 2. The Balaban J connectivity index is 2.86. The molecule has 0 unspecified atom stereocenters. The number of ether oxygens (including phenoxy) is 1. The van der Waals surface area contributed by atoms with Crippen molar-refractivity contribution in [1.82, 2.24) is 4.90 Å². The maximum atomic E-state index is 11.3. The van der Waals surface area contributed by atoms with Crippen LogP contribution in [0.25, 0.3) is 0 Å². The molecule has 0 radical (unpaired) electrons. The van der Waals surface area contributed by atoms with Crippen LogP contribution in [0.15, 0.2) is 18.2 Å². The molecule has 0 bridgehead atoms. The Morgan fingerprint density at radius 2 is 2.00 bits per heavy atom. The van der Waals surface area contributed by atoms with Crippen molar-refractivity contribution in [3.05, 3.63) is 25.3 Å². The topological polar surface area (TPSA) is 29.5 Å². The average Bonchev–Trinajstić information content (AvgIpc) is 2.11. The lowest BCUT2D eigenvalue weighted by Crippen LogP contribution is -2.25. The number of carbonyl (C=O) groups is 1. The lowest BCUT2D eigenvalue weighted by atomic mass is 10.3. The van der Waals surface area contributed by atoms with Crippen molar-refractivity contribution >= 4 is 51.3 Å². The number of rotatable bonds is 1. The lowest BCUT2D eigenvalue weighted by molar-refractivity contribution is 0.171. The van der Waals surface area contributed by atoms with Gasteiger partial charge in [0.2, 0.25) is 0 Å². The number of hydrogen-bond donors (Lipinski definition) is 0. The third kappa shape index (κ3) is 3.26. The molecule has 0 saturated carbocycles. The van der Waals surface area contributed by atoms with Crippen molar-refractivity contribution in [1.29, 1.82) is 0 Å². The minimum absolute atomic E-state index is 0.357. The van der Waals surface area contributed by atoms with Crippen LogP contribution >= 0.6 is 45.2 Å². The van der Waals surface area contributed by atoms with E-state index in [1.165, 1.54) is 4.90 Å². The van der Waals surface area contributed by atoms with Crippen LogP contribution in [0.2, 0.25) is 0 Å². The van der Waals surface area contributed by atoms with Gasteiger partial charge >= 0.3 is 6.09 Å². The molecule has 0 fully saturated rings. The number of nitrogens with zero attached hydrogens (tertiary/aromatic N) is 1. The van der Waals surface area contributed by atoms with Gasteiger partial charge in [-0.05, 0) is 63.4 Å². The highest BCUT2D eigenvalue weighted by Crippen LogP contribution is 2.23. The summed E-state index contributed by atoms with van der Waals surface area (Å²) in [5.74, 6) is 0.608. The molecule has 0 aliphatic heterocycles. The number of benzene rings is 1. The summed E-state index contributed by atoms with van der Waals surface area (Å²) in [6.07, 6.45) is -0.357. The Labute approximate surface area is 110 Å². The molecule has 0 N–H and O–H groups in total. The van der Waals surface area contributed by atoms with Crippen molar-refractivity contribution in [3.8, 4) is 5.75 Å². The van der Waals surface area contributed by atoms with E-state index < -0.39 is 0 Å². The first-order valence-corrected chi connectivity index (χ1v) is 6.00. The van der Waals surface area contributed by atoms with E-state index in [9.17, 15) is 4.79 Å². The van der Waals surface area contributed by atoms with Crippen molar-refractivity contribution in [2.24, 2.45) is 0 Å². The van der Waals surface area contributed by atoms with E-state index in [1.54, 1.807) is 14.1 Å². The molecule has 1 amide bonds. The summed E-state index contributed by atoms with van der Waals surface area (Å²) in [5, 5.41) is 0. The van der Waals surface area contributed by atoms with Crippen LogP contribution in [0.1, 0.15) is 0 Å². The first kappa shape index (κ1) is 12.0. The van der Waals surface area contributed by atoms with Crippen LogP contribution in [0, 0.1) is 7.14 Å². The number of amides is 1. The summed E-state index contributed by atoms with van der Waals surface area (Å²) in [7, 11) is 3.31. The highest BCUT2D eigenvalue weighted by Gasteiger charge is 2.09. The van der Waals surface area contributed by atoms with E-state index in [1.807, 2.05) is 18.2 Å².